The fourth-order valence-corrected chi connectivity index (χ4v) is 2.62. The van der Waals surface area contributed by atoms with E-state index < -0.39 is 0 Å². The monoisotopic (exact) mass is 285 g/mol. The average Bonchev–Trinajstić information content (AvgIpc) is 2.52. The van der Waals surface area contributed by atoms with Crippen molar-refractivity contribution in [3.05, 3.63) is 34.1 Å². The van der Waals surface area contributed by atoms with Gasteiger partial charge in [-0.05, 0) is 59.6 Å². The highest BCUT2D eigenvalue weighted by molar-refractivity contribution is 9.10. The maximum Gasteiger partial charge on any atom is 0.137 e. The second-order valence-corrected chi connectivity index (χ2v) is 5.29. The lowest BCUT2D eigenvalue weighted by Crippen LogP contribution is -2.23. The second-order valence-electron chi connectivity index (χ2n) is 4.44. The van der Waals surface area contributed by atoms with Gasteiger partial charge in [-0.3, -0.25) is 4.90 Å². The number of halogens is 2. The van der Waals surface area contributed by atoms with Crippen molar-refractivity contribution in [2.75, 3.05) is 13.1 Å². The minimum atomic E-state index is -0.181. The van der Waals surface area contributed by atoms with Crippen molar-refractivity contribution in [3.63, 3.8) is 0 Å². The summed E-state index contributed by atoms with van der Waals surface area (Å²) in [4.78, 5) is 2.46. The fourth-order valence-electron chi connectivity index (χ4n) is 2.19. The Morgan fingerprint density at radius 3 is 2.44 bits per heavy atom. The molecule has 2 rings (SSSR count). The molecular formula is C13H17BrFN. The van der Waals surface area contributed by atoms with Crippen molar-refractivity contribution < 1.29 is 4.39 Å². The predicted octanol–water partition coefficient (Wildman–Crippen LogP) is 3.96. The largest absolute Gasteiger partial charge is 0.299 e. The highest BCUT2D eigenvalue weighted by Crippen LogP contribution is 2.19. The van der Waals surface area contributed by atoms with E-state index in [1.165, 1.54) is 50.4 Å². The third kappa shape index (κ3) is 3.29. The maximum atomic E-state index is 13.1. The van der Waals surface area contributed by atoms with Crippen LogP contribution >= 0.6 is 15.9 Å². The Morgan fingerprint density at radius 2 is 1.81 bits per heavy atom. The fraction of sp³-hybridized carbons (Fsp3) is 0.538. The Labute approximate surface area is 105 Å². The molecule has 0 N–H and O–H groups in total. The minimum absolute atomic E-state index is 0.181. The van der Waals surface area contributed by atoms with Gasteiger partial charge in [-0.25, -0.2) is 4.39 Å². The number of hydrogen-bond acceptors (Lipinski definition) is 1. The molecule has 3 heteroatoms. The number of benzene rings is 1. The Kier molecular flexibility index (Phi) is 4.36. The maximum absolute atomic E-state index is 13.1. The molecule has 1 aliphatic rings. The molecule has 1 fully saturated rings. The average molecular weight is 286 g/mol. The third-order valence-electron chi connectivity index (χ3n) is 3.09. The minimum Gasteiger partial charge on any atom is -0.299 e. The summed E-state index contributed by atoms with van der Waals surface area (Å²) in [6, 6.07) is 5.31. The first-order valence-electron chi connectivity index (χ1n) is 5.92. The summed E-state index contributed by atoms with van der Waals surface area (Å²) >= 11 is 3.23. The van der Waals surface area contributed by atoms with Gasteiger partial charge in [0.2, 0.25) is 0 Å². The van der Waals surface area contributed by atoms with Gasteiger partial charge in [0.1, 0.15) is 5.82 Å². The molecule has 1 aromatic rings. The summed E-state index contributed by atoms with van der Waals surface area (Å²) in [5.41, 5.74) is 1.19. The number of hydrogen-bond donors (Lipinski definition) is 0. The molecule has 1 nitrogen and oxygen atoms in total. The van der Waals surface area contributed by atoms with E-state index in [-0.39, 0.29) is 5.82 Å². The van der Waals surface area contributed by atoms with Crippen LogP contribution < -0.4 is 0 Å². The van der Waals surface area contributed by atoms with E-state index in [1.54, 1.807) is 0 Å². The van der Waals surface area contributed by atoms with Crippen molar-refractivity contribution in [1.82, 2.24) is 4.90 Å². The summed E-state index contributed by atoms with van der Waals surface area (Å²) in [7, 11) is 0. The Hall–Kier alpha value is -0.410. The third-order valence-corrected chi connectivity index (χ3v) is 3.70. The molecule has 0 unspecified atom stereocenters. The first-order chi connectivity index (χ1) is 7.75. The van der Waals surface area contributed by atoms with Gasteiger partial charge in [0.15, 0.2) is 0 Å². The van der Waals surface area contributed by atoms with Gasteiger partial charge in [-0.2, -0.15) is 0 Å². The zero-order valence-corrected chi connectivity index (χ0v) is 11.0. The van der Waals surface area contributed by atoms with Gasteiger partial charge < -0.3 is 0 Å². The summed E-state index contributed by atoms with van der Waals surface area (Å²) in [6.45, 7) is 3.29. The lowest BCUT2D eigenvalue weighted by molar-refractivity contribution is 0.277. The lowest BCUT2D eigenvalue weighted by atomic mass is 10.2. The molecule has 1 aromatic carbocycles. The molecule has 1 heterocycles. The van der Waals surface area contributed by atoms with Crippen LogP contribution in [0.15, 0.2) is 22.7 Å². The molecule has 1 saturated heterocycles. The summed E-state index contributed by atoms with van der Waals surface area (Å²) in [5, 5.41) is 0. The highest BCUT2D eigenvalue weighted by Gasteiger charge is 2.10. The van der Waals surface area contributed by atoms with E-state index in [1.807, 2.05) is 12.1 Å². The Morgan fingerprint density at radius 1 is 1.12 bits per heavy atom. The molecule has 0 bridgehead atoms. The molecule has 16 heavy (non-hydrogen) atoms. The van der Waals surface area contributed by atoms with Crippen molar-refractivity contribution >= 4 is 15.9 Å². The van der Waals surface area contributed by atoms with E-state index in [2.05, 4.69) is 20.8 Å². The zero-order valence-electron chi connectivity index (χ0n) is 9.38. The zero-order chi connectivity index (χ0) is 11.4. The van der Waals surface area contributed by atoms with Crippen molar-refractivity contribution in [1.29, 1.82) is 0 Å². The number of rotatable bonds is 2. The van der Waals surface area contributed by atoms with Crippen LogP contribution in [0, 0.1) is 5.82 Å². The smallest absolute Gasteiger partial charge is 0.137 e. The van der Waals surface area contributed by atoms with E-state index >= 15 is 0 Å². The van der Waals surface area contributed by atoms with Crippen LogP contribution in [0.4, 0.5) is 4.39 Å². The van der Waals surface area contributed by atoms with Crippen LogP contribution in [0.25, 0.3) is 0 Å². The summed E-state index contributed by atoms with van der Waals surface area (Å²) < 4.78 is 13.7. The SMILES string of the molecule is Fc1ccc(CN2CCCCCC2)cc1Br. The summed E-state index contributed by atoms with van der Waals surface area (Å²) in [5.74, 6) is -0.181. The van der Waals surface area contributed by atoms with Crippen molar-refractivity contribution in [2.24, 2.45) is 0 Å². The quantitative estimate of drug-likeness (QED) is 0.795. The van der Waals surface area contributed by atoms with Crippen LogP contribution in [0.2, 0.25) is 0 Å². The first kappa shape index (κ1) is 12.1. The molecule has 88 valence electrons. The van der Waals surface area contributed by atoms with E-state index in [9.17, 15) is 4.39 Å². The topological polar surface area (TPSA) is 3.24 Å². The van der Waals surface area contributed by atoms with Crippen LogP contribution in [-0.4, -0.2) is 18.0 Å². The second kappa shape index (κ2) is 5.78. The predicted molar refractivity (Wildman–Crippen MR) is 67.8 cm³/mol. The molecule has 0 amide bonds. The van der Waals surface area contributed by atoms with Crippen LogP contribution in [0.5, 0.6) is 0 Å². The molecule has 0 aromatic heterocycles. The van der Waals surface area contributed by atoms with E-state index in [0.717, 1.165) is 6.54 Å². The normalized spacial score (nSPS) is 18.4. The Bertz CT molecular complexity index is 346. The molecule has 0 spiro atoms. The van der Waals surface area contributed by atoms with Crippen molar-refractivity contribution in [3.8, 4) is 0 Å². The van der Waals surface area contributed by atoms with Crippen molar-refractivity contribution in [2.45, 2.75) is 32.2 Å². The Balaban J connectivity index is 1.99. The summed E-state index contributed by atoms with van der Waals surface area (Å²) in [6.07, 6.45) is 5.29. The van der Waals surface area contributed by atoms with E-state index in [0.29, 0.717) is 4.47 Å². The lowest BCUT2D eigenvalue weighted by Gasteiger charge is -2.19. The van der Waals surface area contributed by atoms with Gasteiger partial charge in [-0.1, -0.05) is 18.9 Å². The van der Waals surface area contributed by atoms with E-state index in [4.69, 9.17) is 0 Å². The molecule has 0 radical (unpaired) electrons. The van der Waals surface area contributed by atoms with Gasteiger partial charge in [0.25, 0.3) is 0 Å². The molecule has 0 aliphatic carbocycles. The standard InChI is InChI=1S/C13H17BrFN/c14-12-9-11(5-6-13(12)15)10-16-7-3-1-2-4-8-16/h5-6,9H,1-4,7-8,10H2. The van der Waals surface area contributed by atoms with Gasteiger partial charge in [-0.15, -0.1) is 0 Å². The number of likely N-dealkylation sites (tertiary alicyclic amines) is 1. The van der Waals surface area contributed by atoms with Gasteiger partial charge in [0, 0.05) is 6.54 Å². The molecule has 1 aliphatic heterocycles. The van der Waals surface area contributed by atoms with Crippen LogP contribution in [0.1, 0.15) is 31.2 Å². The van der Waals surface area contributed by atoms with Crippen LogP contribution in [0.3, 0.4) is 0 Å². The van der Waals surface area contributed by atoms with Gasteiger partial charge in [0.05, 0.1) is 4.47 Å². The molecular weight excluding hydrogens is 269 g/mol. The highest BCUT2D eigenvalue weighted by atomic mass is 79.9. The van der Waals surface area contributed by atoms with Gasteiger partial charge >= 0.3 is 0 Å². The molecule has 0 atom stereocenters. The van der Waals surface area contributed by atoms with Crippen LogP contribution in [-0.2, 0) is 6.54 Å². The first-order valence-corrected chi connectivity index (χ1v) is 6.71. The number of nitrogens with zero attached hydrogens (tertiary/aromatic N) is 1. The molecule has 0 saturated carbocycles.